The largest absolute Gasteiger partial charge is 0.352 e. The van der Waals surface area contributed by atoms with E-state index in [0.717, 1.165) is 65.8 Å². The van der Waals surface area contributed by atoms with Crippen LogP contribution in [-0.2, 0) is 0 Å². The Bertz CT molecular complexity index is 1440. The summed E-state index contributed by atoms with van der Waals surface area (Å²) in [7, 11) is 0. The normalized spacial score (nSPS) is 17.5. The smallest absolute Gasteiger partial charge is 0.225 e. The summed E-state index contributed by atoms with van der Waals surface area (Å²) in [5.74, 6) is 0.914. The molecule has 2 aliphatic rings. The Balaban J connectivity index is 1.42. The Morgan fingerprint density at radius 2 is 1.69 bits per heavy atom. The summed E-state index contributed by atoms with van der Waals surface area (Å²) in [4.78, 5) is 29.1. The molecule has 1 saturated heterocycles. The lowest BCUT2D eigenvalue weighted by Crippen LogP contribution is -2.27. The van der Waals surface area contributed by atoms with Gasteiger partial charge in [0.15, 0.2) is 5.78 Å². The van der Waals surface area contributed by atoms with Gasteiger partial charge in [-0.05, 0) is 56.4 Å². The molecule has 1 saturated carbocycles. The minimum Gasteiger partial charge on any atom is -0.352 e. The molecule has 7 heteroatoms. The van der Waals surface area contributed by atoms with E-state index in [1.165, 1.54) is 11.1 Å². The van der Waals surface area contributed by atoms with Crippen molar-refractivity contribution in [3.05, 3.63) is 71.7 Å². The van der Waals surface area contributed by atoms with Gasteiger partial charge in [0.25, 0.3) is 0 Å². The summed E-state index contributed by atoms with van der Waals surface area (Å²) >= 11 is 0. The standard InChI is InChI=1S/C29H30N6O/c1-17-9-18(2)11-21(10-17)20-5-6-26-24(12-20)27(25(15-31-26)28(36)19-3-4-19)34-23-13-32-29(33-14-23)35-8-7-22(30)16-35/h5-6,9-15,19,22H,3-4,7-8,16,30H2,1-2H3,(H,31,34). The number of anilines is 3. The number of ketones is 1. The van der Waals surface area contributed by atoms with Crippen LogP contribution < -0.4 is 16.0 Å². The summed E-state index contributed by atoms with van der Waals surface area (Å²) in [6, 6.07) is 12.9. The average molecular weight is 479 g/mol. The van der Waals surface area contributed by atoms with Gasteiger partial charge >= 0.3 is 0 Å². The number of benzene rings is 2. The van der Waals surface area contributed by atoms with Crippen molar-refractivity contribution in [1.29, 1.82) is 0 Å². The highest BCUT2D eigenvalue weighted by molar-refractivity contribution is 6.11. The van der Waals surface area contributed by atoms with E-state index in [9.17, 15) is 4.79 Å². The monoisotopic (exact) mass is 478 g/mol. The number of fused-ring (bicyclic) bond motifs is 1. The lowest BCUT2D eigenvalue weighted by Gasteiger charge is -2.17. The highest BCUT2D eigenvalue weighted by Crippen LogP contribution is 2.38. The maximum absolute atomic E-state index is 13.2. The molecule has 7 nitrogen and oxygen atoms in total. The van der Waals surface area contributed by atoms with Crippen molar-refractivity contribution in [2.45, 2.75) is 39.2 Å². The third-order valence-corrected chi connectivity index (χ3v) is 7.05. The molecule has 3 N–H and O–H groups in total. The highest BCUT2D eigenvalue weighted by Gasteiger charge is 2.32. The highest BCUT2D eigenvalue weighted by atomic mass is 16.1. The van der Waals surface area contributed by atoms with Crippen LogP contribution in [0.4, 0.5) is 17.3 Å². The zero-order valence-corrected chi connectivity index (χ0v) is 20.7. The zero-order valence-electron chi connectivity index (χ0n) is 20.7. The van der Waals surface area contributed by atoms with Crippen molar-refractivity contribution in [3.8, 4) is 11.1 Å². The summed E-state index contributed by atoms with van der Waals surface area (Å²) < 4.78 is 0. The second-order valence-electron chi connectivity index (χ2n) is 10.2. The Morgan fingerprint density at radius 1 is 0.944 bits per heavy atom. The number of carbonyl (C=O) groups is 1. The fourth-order valence-corrected chi connectivity index (χ4v) is 5.06. The molecule has 36 heavy (non-hydrogen) atoms. The molecule has 6 rings (SSSR count). The first kappa shape index (κ1) is 22.6. The topological polar surface area (TPSA) is 97.0 Å². The molecule has 2 aromatic heterocycles. The van der Waals surface area contributed by atoms with Gasteiger partial charge in [-0.25, -0.2) is 9.97 Å². The number of Topliss-reactive ketones (excluding diaryl/α,β-unsaturated/α-hetero) is 1. The van der Waals surface area contributed by atoms with E-state index in [1.54, 1.807) is 18.6 Å². The van der Waals surface area contributed by atoms with E-state index in [4.69, 9.17) is 5.73 Å². The van der Waals surface area contributed by atoms with Gasteiger partial charge < -0.3 is 16.0 Å². The number of rotatable bonds is 6. The Labute approximate surface area is 210 Å². The minimum absolute atomic E-state index is 0.0883. The zero-order chi connectivity index (χ0) is 24.8. The second kappa shape index (κ2) is 8.99. The predicted molar refractivity (Wildman–Crippen MR) is 144 cm³/mol. The van der Waals surface area contributed by atoms with Crippen molar-refractivity contribution in [2.75, 3.05) is 23.3 Å². The van der Waals surface area contributed by atoms with E-state index in [1.807, 2.05) is 6.07 Å². The number of pyridine rings is 1. The molecule has 1 aliphatic heterocycles. The van der Waals surface area contributed by atoms with Gasteiger partial charge in [-0.1, -0.05) is 35.4 Å². The molecule has 2 fully saturated rings. The van der Waals surface area contributed by atoms with Gasteiger partial charge in [0, 0.05) is 36.6 Å². The first-order valence-electron chi connectivity index (χ1n) is 12.6. The van der Waals surface area contributed by atoms with Gasteiger partial charge in [0.05, 0.1) is 34.8 Å². The fourth-order valence-electron chi connectivity index (χ4n) is 5.06. The number of nitrogens with one attached hydrogen (secondary N) is 1. The van der Waals surface area contributed by atoms with Crippen LogP contribution in [0.25, 0.3) is 22.0 Å². The molecule has 3 heterocycles. The minimum atomic E-state index is 0.0883. The van der Waals surface area contributed by atoms with E-state index in [2.05, 4.69) is 69.3 Å². The SMILES string of the molecule is Cc1cc(C)cc(-c2ccc3ncc(C(=O)C4CC4)c(Nc4cnc(N5CCC(N)C5)nc4)c3c2)c1. The van der Waals surface area contributed by atoms with Crippen LogP contribution >= 0.6 is 0 Å². The second-order valence-corrected chi connectivity index (χ2v) is 10.2. The molecule has 0 bridgehead atoms. The van der Waals surface area contributed by atoms with E-state index in [-0.39, 0.29) is 17.7 Å². The van der Waals surface area contributed by atoms with E-state index < -0.39 is 0 Å². The predicted octanol–water partition coefficient (Wildman–Crippen LogP) is 5.18. The van der Waals surface area contributed by atoms with Gasteiger partial charge in [-0.15, -0.1) is 0 Å². The number of aromatic nitrogens is 3. The first-order chi connectivity index (χ1) is 17.4. The number of carbonyl (C=O) groups excluding carboxylic acids is 1. The molecule has 0 radical (unpaired) electrons. The van der Waals surface area contributed by atoms with Crippen LogP contribution in [0.15, 0.2) is 55.0 Å². The van der Waals surface area contributed by atoms with Crippen LogP contribution in [0.5, 0.6) is 0 Å². The third-order valence-electron chi connectivity index (χ3n) is 7.05. The molecule has 1 atom stereocenters. The maximum atomic E-state index is 13.2. The Kier molecular flexibility index (Phi) is 5.64. The van der Waals surface area contributed by atoms with Crippen LogP contribution in [0.1, 0.15) is 40.7 Å². The van der Waals surface area contributed by atoms with Crippen LogP contribution in [0.2, 0.25) is 0 Å². The molecule has 1 aliphatic carbocycles. The molecular formula is C29H30N6O. The van der Waals surface area contributed by atoms with E-state index in [0.29, 0.717) is 11.5 Å². The van der Waals surface area contributed by atoms with Crippen molar-refractivity contribution < 1.29 is 4.79 Å². The molecule has 4 aromatic rings. The molecule has 1 unspecified atom stereocenters. The van der Waals surface area contributed by atoms with Crippen LogP contribution in [-0.4, -0.2) is 39.9 Å². The van der Waals surface area contributed by atoms with E-state index >= 15 is 0 Å². The van der Waals surface area contributed by atoms with Gasteiger partial charge in [-0.3, -0.25) is 9.78 Å². The summed E-state index contributed by atoms with van der Waals surface area (Å²) in [6.45, 7) is 5.85. The van der Waals surface area contributed by atoms with Crippen LogP contribution in [0, 0.1) is 19.8 Å². The van der Waals surface area contributed by atoms with Crippen molar-refractivity contribution >= 4 is 34.0 Å². The van der Waals surface area contributed by atoms with Gasteiger partial charge in [0.2, 0.25) is 5.95 Å². The molecule has 182 valence electrons. The first-order valence-corrected chi connectivity index (χ1v) is 12.6. The van der Waals surface area contributed by atoms with Gasteiger partial charge in [-0.2, -0.15) is 0 Å². The maximum Gasteiger partial charge on any atom is 0.225 e. The average Bonchev–Trinajstić information content (AvgIpc) is 3.63. The number of aryl methyl sites for hydroxylation is 2. The number of hydrogen-bond acceptors (Lipinski definition) is 7. The fraction of sp³-hybridized carbons (Fsp3) is 0.310. The summed E-state index contributed by atoms with van der Waals surface area (Å²) in [5.41, 5.74) is 13.7. The summed E-state index contributed by atoms with van der Waals surface area (Å²) in [5, 5.41) is 4.39. The van der Waals surface area contributed by atoms with Crippen molar-refractivity contribution in [1.82, 2.24) is 15.0 Å². The molecular weight excluding hydrogens is 448 g/mol. The number of hydrogen-bond donors (Lipinski definition) is 2. The lowest BCUT2D eigenvalue weighted by atomic mass is 9.97. The van der Waals surface area contributed by atoms with Crippen molar-refractivity contribution in [2.24, 2.45) is 11.7 Å². The molecule has 0 spiro atoms. The number of nitrogens with two attached hydrogens (primary N) is 1. The molecule has 2 aromatic carbocycles. The summed E-state index contributed by atoms with van der Waals surface area (Å²) in [6.07, 6.45) is 8.09. The Morgan fingerprint density at radius 3 is 2.36 bits per heavy atom. The lowest BCUT2D eigenvalue weighted by molar-refractivity contribution is 0.0968. The number of nitrogens with zero attached hydrogens (tertiary/aromatic N) is 4. The quantitative estimate of drug-likeness (QED) is 0.368. The van der Waals surface area contributed by atoms with Crippen molar-refractivity contribution in [3.63, 3.8) is 0 Å². The van der Waals surface area contributed by atoms with Crippen LogP contribution in [0.3, 0.4) is 0 Å². The molecule has 0 amide bonds. The third kappa shape index (κ3) is 4.42. The Hall–Kier alpha value is -3.84. The van der Waals surface area contributed by atoms with Gasteiger partial charge in [0.1, 0.15) is 0 Å².